The Balaban J connectivity index is 1.89. The minimum absolute atomic E-state index is 0.672. The van der Waals surface area contributed by atoms with Crippen molar-refractivity contribution in [2.45, 2.75) is 6.54 Å². The fourth-order valence-electron chi connectivity index (χ4n) is 2.99. The summed E-state index contributed by atoms with van der Waals surface area (Å²) in [5.74, 6) is 0. The molecule has 0 bridgehead atoms. The first kappa shape index (κ1) is 13.6. The summed E-state index contributed by atoms with van der Waals surface area (Å²) >= 11 is 0. The molecule has 1 aromatic carbocycles. The first-order chi connectivity index (χ1) is 11.3. The lowest BCUT2D eigenvalue weighted by molar-refractivity contribution is -0.689. The summed E-state index contributed by atoms with van der Waals surface area (Å²) in [4.78, 5) is 11.2. The van der Waals surface area contributed by atoms with Gasteiger partial charge < -0.3 is 0 Å². The lowest BCUT2D eigenvalue weighted by Gasteiger charge is -2.04. The molecule has 23 heavy (non-hydrogen) atoms. The molecule has 0 unspecified atom stereocenters. The van der Waals surface area contributed by atoms with E-state index in [0.717, 1.165) is 11.8 Å². The highest BCUT2D eigenvalue weighted by Crippen LogP contribution is 2.18. The van der Waals surface area contributed by atoms with Gasteiger partial charge in [-0.1, -0.05) is 18.2 Å². The standard InChI is InChI=1S/C20H16N2O/c23-15-19-9-2-4-10-21(19)13-17-7-5-6-16-12-18-8-1-3-11-22(18)14-20(16)17/h1-12,14-15H,13H2/q+2. The van der Waals surface area contributed by atoms with E-state index >= 15 is 0 Å². The van der Waals surface area contributed by atoms with Gasteiger partial charge in [0.05, 0.1) is 5.39 Å². The van der Waals surface area contributed by atoms with Crippen molar-refractivity contribution in [3.63, 3.8) is 0 Å². The number of fused-ring (bicyclic) bond motifs is 2. The molecule has 3 aromatic heterocycles. The number of carbonyl (C=O) groups excluding carboxylic acids is 1. The highest BCUT2D eigenvalue weighted by atomic mass is 16.1. The topological polar surface area (TPSA) is 25.0 Å². The van der Waals surface area contributed by atoms with Gasteiger partial charge in [0, 0.05) is 35.9 Å². The first-order valence-electron chi connectivity index (χ1n) is 7.60. The molecule has 0 aliphatic rings. The normalized spacial score (nSPS) is 11.0. The molecule has 0 amide bonds. The van der Waals surface area contributed by atoms with Crippen LogP contribution in [-0.4, -0.2) is 6.29 Å². The van der Waals surface area contributed by atoms with Gasteiger partial charge in [-0.05, 0) is 17.5 Å². The third-order valence-corrected chi connectivity index (χ3v) is 4.16. The monoisotopic (exact) mass is 300 g/mol. The van der Waals surface area contributed by atoms with Crippen molar-refractivity contribution in [3.05, 3.63) is 90.5 Å². The zero-order valence-electron chi connectivity index (χ0n) is 12.6. The van der Waals surface area contributed by atoms with Crippen molar-refractivity contribution in [1.82, 2.24) is 0 Å². The number of rotatable bonds is 3. The van der Waals surface area contributed by atoms with E-state index in [0.29, 0.717) is 12.2 Å². The van der Waals surface area contributed by atoms with E-state index in [-0.39, 0.29) is 0 Å². The van der Waals surface area contributed by atoms with Crippen LogP contribution in [0.25, 0.3) is 16.3 Å². The number of benzene rings is 1. The van der Waals surface area contributed by atoms with Crippen LogP contribution in [0.1, 0.15) is 16.1 Å². The van der Waals surface area contributed by atoms with Crippen LogP contribution >= 0.6 is 0 Å². The molecule has 4 aromatic rings. The Morgan fingerprint density at radius 1 is 0.913 bits per heavy atom. The summed E-state index contributed by atoms with van der Waals surface area (Å²) in [6.45, 7) is 0.672. The van der Waals surface area contributed by atoms with E-state index in [9.17, 15) is 4.79 Å². The Labute approximate surface area is 134 Å². The summed E-state index contributed by atoms with van der Waals surface area (Å²) in [5, 5.41) is 2.40. The summed E-state index contributed by atoms with van der Waals surface area (Å²) in [5.41, 5.74) is 3.04. The number of pyridine rings is 3. The van der Waals surface area contributed by atoms with Gasteiger partial charge in [-0.15, -0.1) is 0 Å². The Morgan fingerprint density at radius 3 is 2.70 bits per heavy atom. The Bertz CT molecular complexity index is 1020. The van der Waals surface area contributed by atoms with E-state index in [1.54, 1.807) is 0 Å². The van der Waals surface area contributed by atoms with E-state index in [4.69, 9.17) is 0 Å². The summed E-state index contributed by atoms with van der Waals surface area (Å²) < 4.78 is 4.10. The lowest BCUT2D eigenvalue weighted by Crippen LogP contribution is -2.38. The zero-order chi connectivity index (χ0) is 15.6. The zero-order valence-corrected chi connectivity index (χ0v) is 12.6. The van der Waals surface area contributed by atoms with Gasteiger partial charge >= 0.3 is 0 Å². The summed E-state index contributed by atoms with van der Waals surface area (Å²) in [6, 6.07) is 20.3. The third-order valence-electron chi connectivity index (χ3n) is 4.16. The lowest BCUT2D eigenvalue weighted by atomic mass is 10.1. The predicted molar refractivity (Wildman–Crippen MR) is 88.2 cm³/mol. The molecule has 0 radical (unpaired) electrons. The first-order valence-corrected chi connectivity index (χ1v) is 7.60. The van der Waals surface area contributed by atoms with Gasteiger partial charge in [0.25, 0.3) is 0 Å². The summed E-state index contributed by atoms with van der Waals surface area (Å²) in [7, 11) is 0. The summed E-state index contributed by atoms with van der Waals surface area (Å²) in [6.07, 6.45) is 7.05. The molecule has 3 heteroatoms. The van der Waals surface area contributed by atoms with Crippen LogP contribution in [0.5, 0.6) is 0 Å². The van der Waals surface area contributed by atoms with Crippen molar-refractivity contribution in [2.75, 3.05) is 0 Å². The van der Waals surface area contributed by atoms with Gasteiger partial charge in [-0.3, -0.25) is 4.79 Å². The second-order valence-electron chi connectivity index (χ2n) is 5.60. The Kier molecular flexibility index (Phi) is 3.31. The van der Waals surface area contributed by atoms with Crippen LogP contribution in [0.15, 0.2) is 79.3 Å². The second kappa shape index (κ2) is 5.61. The number of hydrogen-bond donors (Lipinski definition) is 0. The van der Waals surface area contributed by atoms with E-state index in [1.165, 1.54) is 16.3 Å². The largest absolute Gasteiger partial charge is 0.291 e. The molecule has 0 saturated heterocycles. The van der Waals surface area contributed by atoms with Crippen molar-refractivity contribution in [3.8, 4) is 0 Å². The minimum atomic E-state index is 0.672. The number of hydrogen-bond acceptors (Lipinski definition) is 1. The fourth-order valence-corrected chi connectivity index (χ4v) is 2.99. The van der Waals surface area contributed by atoms with Crippen molar-refractivity contribution in [2.24, 2.45) is 0 Å². The number of aldehydes is 1. The average molecular weight is 300 g/mol. The maximum Gasteiger partial charge on any atom is 0.245 e. The quantitative estimate of drug-likeness (QED) is 0.324. The molecule has 0 spiro atoms. The highest BCUT2D eigenvalue weighted by Gasteiger charge is 2.14. The van der Waals surface area contributed by atoms with Crippen LogP contribution < -0.4 is 8.97 Å². The molecule has 0 fully saturated rings. The van der Waals surface area contributed by atoms with Crippen LogP contribution in [0.4, 0.5) is 0 Å². The molecule has 3 heterocycles. The Morgan fingerprint density at radius 2 is 1.78 bits per heavy atom. The van der Waals surface area contributed by atoms with Gasteiger partial charge in [-0.25, -0.2) is 0 Å². The van der Waals surface area contributed by atoms with Crippen LogP contribution in [0, 0.1) is 0 Å². The molecule has 110 valence electrons. The highest BCUT2D eigenvalue weighted by molar-refractivity contribution is 5.86. The van der Waals surface area contributed by atoms with E-state index in [1.807, 2.05) is 41.1 Å². The maximum atomic E-state index is 11.2. The van der Waals surface area contributed by atoms with Crippen LogP contribution in [0.2, 0.25) is 0 Å². The molecular weight excluding hydrogens is 284 g/mol. The van der Waals surface area contributed by atoms with Crippen LogP contribution in [0.3, 0.4) is 0 Å². The van der Waals surface area contributed by atoms with E-state index in [2.05, 4.69) is 47.1 Å². The van der Waals surface area contributed by atoms with Gasteiger partial charge in [-0.2, -0.15) is 8.97 Å². The fraction of sp³-hybridized carbons (Fsp3) is 0.0500. The molecule has 0 aliphatic carbocycles. The van der Waals surface area contributed by atoms with Crippen molar-refractivity contribution in [1.29, 1.82) is 0 Å². The SMILES string of the molecule is O=Cc1cccc[n+]1Cc1cccc2cc3cccc[n+]3cc12. The molecule has 0 aliphatic heterocycles. The van der Waals surface area contributed by atoms with E-state index < -0.39 is 0 Å². The van der Waals surface area contributed by atoms with Crippen molar-refractivity contribution < 1.29 is 13.8 Å². The number of carbonyl (C=O) groups is 1. The van der Waals surface area contributed by atoms with Gasteiger partial charge in [0.1, 0.15) is 0 Å². The number of nitrogens with zero attached hydrogens (tertiary/aromatic N) is 2. The predicted octanol–water partition coefficient (Wildman–Crippen LogP) is 2.73. The molecule has 3 nitrogen and oxygen atoms in total. The molecule has 4 rings (SSSR count). The molecule has 0 atom stereocenters. The Hall–Kier alpha value is -3.07. The van der Waals surface area contributed by atoms with Gasteiger partial charge in [0.15, 0.2) is 25.1 Å². The average Bonchev–Trinajstić information content (AvgIpc) is 2.61. The van der Waals surface area contributed by atoms with Gasteiger partial charge in [0.2, 0.25) is 17.5 Å². The minimum Gasteiger partial charge on any atom is -0.291 e. The molecular formula is C20H16N2O+2. The maximum absolute atomic E-state index is 11.2. The smallest absolute Gasteiger partial charge is 0.245 e. The third kappa shape index (κ3) is 2.46. The molecule has 0 N–H and O–H groups in total. The number of aromatic nitrogens is 2. The van der Waals surface area contributed by atoms with Crippen molar-refractivity contribution >= 4 is 22.6 Å². The molecule has 0 saturated carbocycles. The second-order valence-corrected chi connectivity index (χ2v) is 5.60. The van der Waals surface area contributed by atoms with Crippen LogP contribution in [-0.2, 0) is 6.54 Å².